The molecule has 2 rings (SSSR count). The average molecular weight is 295 g/mol. The second-order valence-electron chi connectivity index (χ2n) is 6.07. The Kier molecular flexibility index (Phi) is 5.06. The van der Waals surface area contributed by atoms with E-state index in [2.05, 4.69) is 13.8 Å². The van der Waals surface area contributed by atoms with E-state index >= 15 is 0 Å². The molecule has 0 spiro atoms. The average Bonchev–Trinajstić information content (AvgIpc) is 2.36. The summed E-state index contributed by atoms with van der Waals surface area (Å²) in [6.07, 6.45) is 3.90. The fourth-order valence-electron chi connectivity index (χ4n) is 3.05. The van der Waals surface area contributed by atoms with Crippen molar-refractivity contribution in [2.45, 2.75) is 45.8 Å². The molecule has 0 radical (unpaired) electrons. The van der Waals surface area contributed by atoms with Gasteiger partial charge in [-0.3, -0.25) is 5.41 Å². The maximum atomic E-state index is 7.40. The summed E-state index contributed by atoms with van der Waals surface area (Å²) in [6, 6.07) is 5.45. The molecule has 0 aliphatic heterocycles. The van der Waals surface area contributed by atoms with Crippen LogP contribution in [-0.4, -0.2) is 11.9 Å². The molecule has 3 N–H and O–H groups in total. The van der Waals surface area contributed by atoms with Crippen LogP contribution in [0.3, 0.4) is 0 Å². The van der Waals surface area contributed by atoms with Crippen molar-refractivity contribution in [3.63, 3.8) is 0 Å². The Morgan fingerprint density at radius 2 is 1.95 bits per heavy atom. The van der Waals surface area contributed by atoms with E-state index in [-0.39, 0.29) is 5.84 Å². The standard InChI is InChI=1S/C16H23ClN2O/c1-10-5-11(2)7-14(6-10)20-9-13-4-3-12(16(18)19)8-15(13)17/h3-4,8,10-11,14H,5-7,9H2,1-2H3,(H3,18,19). The van der Waals surface area contributed by atoms with Gasteiger partial charge >= 0.3 is 0 Å². The molecule has 1 fully saturated rings. The quantitative estimate of drug-likeness (QED) is 0.652. The minimum atomic E-state index is 0.0364. The highest BCUT2D eigenvalue weighted by Crippen LogP contribution is 2.31. The van der Waals surface area contributed by atoms with Gasteiger partial charge in [0, 0.05) is 10.6 Å². The lowest BCUT2D eigenvalue weighted by Crippen LogP contribution is -2.26. The van der Waals surface area contributed by atoms with Crippen LogP contribution >= 0.6 is 11.6 Å². The Bertz CT molecular complexity index is 479. The summed E-state index contributed by atoms with van der Waals surface area (Å²) >= 11 is 6.22. The molecular formula is C16H23ClN2O. The summed E-state index contributed by atoms with van der Waals surface area (Å²) in [5.74, 6) is 1.51. The number of amidine groups is 1. The topological polar surface area (TPSA) is 59.1 Å². The van der Waals surface area contributed by atoms with E-state index in [0.717, 1.165) is 30.2 Å². The number of hydrogen-bond donors (Lipinski definition) is 2. The molecule has 0 saturated heterocycles. The molecule has 0 bridgehead atoms. The number of rotatable bonds is 4. The fourth-order valence-corrected chi connectivity index (χ4v) is 3.28. The van der Waals surface area contributed by atoms with Crippen LogP contribution in [0.2, 0.25) is 5.02 Å². The monoisotopic (exact) mass is 294 g/mol. The Morgan fingerprint density at radius 3 is 2.50 bits per heavy atom. The van der Waals surface area contributed by atoms with Gasteiger partial charge in [-0.25, -0.2) is 0 Å². The molecule has 2 unspecified atom stereocenters. The van der Waals surface area contributed by atoms with Crippen LogP contribution in [0.15, 0.2) is 18.2 Å². The highest BCUT2D eigenvalue weighted by molar-refractivity contribution is 6.31. The molecule has 1 aromatic carbocycles. The molecule has 2 atom stereocenters. The number of benzene rings is 1. The summed E-state index contributed by atoms with van der Waals surface area (Å²) in [4.78, 5) is 0. The first-order valence-corrected chi connectivity index (χ1v) is 7.58. The Balaban J connectivity index is 1.95. The lowest BCUT2D eigenvalue weighted by molar-refractivity contribution is -0.00912. The van der Waals surface area contributed by atoms with E-state index in [1.54, 1.807) is 6.07 Å². The molecule has 0 heterocycles. The zero-order chi connectivity index (χ0) is 14.7. The van der Waals surface area contributed by atoms with Gasteiger partial charge in [0.1, 0.15) is 5.84 Å². The summed E-state index contributed by atoms with van der Waals surface area (Å²) in [5.41, 5.74) is 7.06. The summed E-state index contributed by atoms with van der Waals surface area (Å²) in [6.45, 7) is 5.11. The largest absolute Gasteiger partial charge is 0.384 e. The second kappa shape index (κ2) is 6.59. The van der Waals surface area contributed by atoms with E-state index in [0.29, 0.717) is 23.3 Å². The molecule has 20 heavy (non-hydrogen) atoms. The van der Waals surface area contributed by atoms with Crippen LogP contribution in [0.25, 0.3) is 0 Å². The lowest BCUT2D eigenvalue weighted by atomic mass is 9.82. The smallest absolute Gasteiger partial charge is 0.122 e. The molecule has 1 aromatic rings. The van der Waals surface area contributed by atoms with Gasteiger partial charge in [-0.1, -0.05) is 37.6 Å². The van der Waals surface area contributed by atoms with Gasteiger partial charge in [0.2, 0.25) is 0 Å². The molecule has 3 nitrogen and oxygen atoms in total. The Labute approximate surface area is 126 Å². The minimum Gasteiger partial charge on any atom is -0.384 e. The first-order chi connectivity index (χ1) is 9.45. The number of hydrogen-bond acceptors (Lipinski definition) is 2. The number of nitrogen functional groups attached to an aromatic ring is 1. The van der Waals surface area contributed by atoms with E-state index in [4.69, 9.17) is 27.5 Å². The molecular weight excluding hydrogens is 272 g/mol. The van der Waals surface area contributed by atoms with Crippen LogP contribution < -0.4 is 5.73 Å². The van der Waals surface area contributed by atoms with Crippen molar-refractivity contribution >= 4 is 17.4 Å². The molecule has 1 aliphatic carbocycles. The third kappa shape index (κ3) is 3.97. The first-order valence-electron chi connectivity index (χ1n) is 7.20. The van der Waals surface area contributed by atoms with Crippen LogP contribution in [-0.2, 0) is 11.3 Å². The van der Waals surface area contributed by atoms with Crippen molar-refractivity contribution in [2.75, 3.05) is 0 Å². The maximum Gasteiger partial charge on any atom is 0.122 e. The second-order valence-corrected chi connectivity index (χ2v) is 6.48. The third-order valence-electron chi connectivity index (χ3n) is 3.97. The minimum absolute atomic E-state index is 0.0364. The highest BCUT2D eigenvalue weighted by atomic mass is 35.5. The van der Waals surface area contributed by atoms with E-state index in [9.17, 15) is 0 Å². The number of nitrogens with two attached hydrogens (primary N) is 1. The van der Waals surface area contributed by atoms with Gasteiger partial charge in [-0.15, -0.1) is 0 Å². The van der Waals surface area contributed by atoms with Crippen LogP contribution in [0.4, 0.5) is 0 Å². The van der Waals surface area contributed by atoms with E-state index < -0.39 is 0 Å². The Morgan fingerprint density at radius 1 is 1.30 bits per heavy atom. The zero-order valence-electron chi connectivity index (χ0n) is 12.2. The third-order valence-corrected chi connectivity index (χ3v) is 4.33. The molecule has 1 saturated carbocycles. The van der Waals surface area contributed by atoms with Gasteiger partial charge in [-0.2, -0.15) is 0 Å². The van der Waals surface area contributed by atoms with Crippen LogP contribution in [0.1, 0.15) is 44.2 Å². The van der Waals surface area contributed by atoms with Gasteiger partial charge < -0.3 is 10.5 Å². The SMILES string of the molecule is CC1CC(C)CC(OCc2ccc(C(=N)N)cc2Cl)C1. The summed E-state index contributed by atoms with van der Waals surface area (Å²) in [7, 11) is 0. The first kappa shape index (κ1) is 15.3. The van der Waals surface area contributed by atoms with Crippen LogP contribution in [0, 0.1) is 17.2 Å². The fraction of sp³-hybridized carbons (Fsp3) is 0.562. The van der Waals surface area contributed by atoms with Gasteiger partial charge in [0.15, 0.2) is 0 Å². The van der Waals surface area contributed by atoms with Crippen molar-refractivity contribution in [3.8, 4) is 0 Å². The van der Waals surface area contributed by atoms with Gasteiger partial charge in [0.25, 0.3) is 0 Å². The maximum absolute atomic E-state index is 7.40. The van der Waals surface area contributed by atoms with Crippen molar-refractivity contribution in [2.24, 2.45) is 17.6 Å². The lowest BCUT2D eigenvalue weighted by Gasteiger charge is -2.31. The zero-order valence-corrected chi connectivity index (χ0v) is 12.9. The highest BCUT2D eigenvalue weighted by Gasteiger charge is 2.24. The van der Waals surface area contributed by atoms with E-state index in [1.807, 2.05) is 12.1 Å². The van der Waals surface area contributed by atoms with Crippen molar-refractivity contribution in [1.82, 2.24) is 0 Å². The molecule has 0 aromatic heterocycles. The molecule has 1 aliphatic rings. The predicted octanol–water partition coefficient (Wildman–Crippen LogP) is 3.97. The van der Waals surface area contributed by atoms with Crippen molar-refractivity contribution < 1.29 is 4.74 Å². The molecule has 110 valence electrons. The molecule has 4 heteroatoms. The predicted molar refractivity (Wildman–Crippen MR) is 83.2 cm³/mol. The van der Waals surface area contributed by atoms with Gasteiger partial charge in [0.05, 0.1) is 12.7 Å². The van der Waals surface area contributed by atoms with Gasteiger partial charge in [-0.05, 0) is 42.7 Å². The summed E-state index contributed by atoms with van der Waals surface area (Å²) < 4.78 is 6.02. The van der Waals surface area contributed by atoms with Crippen molar-refractivity contribution in [1.29, 1.82) is 5.41 Å². The number of ether oxygens (including phenoxy) is 1. The van der Waals surface area contributed by atoms with E-state index in [1.165, 1.54) is 6.42 Å². The van der Waals surface area contributed by atoms with Crippen molar-refractivity contribution in [3.05, 3.63) is 34.3 Å². The normalized spacial score (nSPS) is 26.4. The number of nitrogens with one attached hydrogen (secondary N) is 1. The molecule has 0 amide bonds. The Hall–Kier alpha value is -1.06. The van der Waals surface area contributed by atoms with Crippen LogP contribution in [0.5, 0.6) is 0 Å². The summed E-state index contributed by atoms with van der Waals surface area (Å²) in [5, 5.41) is 8.02. The number of halogens is 1.